The van der Waals surface area contributed by atoms with Crippen molar-refractivity contribution in [2.75, 3.05) is 18.1 Å². The number of carboxylic acid groups (broad SMARTS) is 1. The number of thioether (sulfide) groups is 1. The van der Waals surface area contributed by atoms with Crippen LogP contribution in [-0.2, 0) is 4.79 Å². The topological polar surface area (TPSA) is 78.4 Å². The molecule has 0 spiro atoms. The van der Waals surface area contributed by atoms with E-state index >= 15 is 0 Å². The van der Waals surface area contributed by atoms with Gasteiger partial charge in [-0.2, -0.15) is 0 Å². The van der Waals surface area contributed by atoms with Crippen LogP contribution in [0.25, 0.3) is 0 Å². The molecule has 84 valence electrons. The molecule has 5 nitrogen and oxygen atoms in total. The van der Waals surface area contributed by atoms with Crippen molar-refractivity contribution in [3.05, 3.63) is 0 Å². The molecule has 0 saturated heterocycles. The maximum absolute atomic E-state index is 11.1. The van der Waals surface area contributed by atoms with Crippen LogP contribution in [0.15, 0.2) is 0 Å². The van der Waals surface area contributed by atoms with Gasteiger partial charge < -0.3 is 15.7 Å². The van der Waals surface area contributed by atoms with Crippen LogP contribution in [0.2, 0.25) is 0 Å². The predicted octanol–water partition coefficient (Wildman–Crippen LogP) is 0.125. The SMILES string of the molecule is C#CCSCCNC(=O)NC(C)C(=O)O. The zero-order valence-electron chi connectivity index (χ0n) is 8.45. The maximum Gasteiger partial charge on any atom is 0.325 e. The standard InChI is InChI=1S/C9H14N2O3S/c1-3-5-15-6-4-10-9(14)11-7(2)8(12)13/h1,7H,4-6H2,2H3,(H,12,13)(H2,10,11,14). The van der Waals surface area contributed by atoms with Crippen LogP contribution < -0.4 is 10.6 Å². The number of amides is 2. The molecule has 0 rings (SSSR count). The highest BCUT2D eigenvalue weighted by Crippen LogP contribution is 1.95. The second-order valence-electron chi connectivity index (χ2n) is 2.72. The van der Waals surface area contributed by atoms with Crippen molar-refractivity contribution in [3.8, 4) is 12.3 Å². The number of aliphatic carboxylic acids is 1. The first kappa shape index (κ1) is 13.7. The fourth-order valence-corrected chi connectivity index (χ4v) is 1.19. The monoisotopic (exact) mass is 230 g/mol. The summed E-state index contributed by atoms with van der Waals surface area (Å²) in [7, 11) is 0. The minimum Gasteiger partial charge on any atom is -0.480 e. The molecule has 0 radical (unpaired) electrons. The second-order valence-corrected chi connectivity index (χ2v) is 3.82. The number of rotatable bonds is 6. The number of carbonyl (C=O) groups is 2. The number of urea groups is 1. The third-order valence-corrected chi connectivity index (χ3v) is 2.30. The average Bonchev–Trinajstić information content (AvgIpc) is 2.17. The largest absolute Gasteiger partial charge is 0.480 e. The van der Waals surface area contributed by atoms with Crippen molar-refractivity contribution < 1.29 is 14.7 Å². The molecule has 0 aromatic carbocycles. The van der Waals surface area contributed by atoms with Gasteiger partial charge in [0, 0.05) is 12.3 Å². The predicted molar refractivity (Wildman–Crippen MR) is 59.8 cm³/mol. The summed E-state index contributed by atoms with van der Waals surface area (Å²) in [5.41, 5.74) is 0. The fraction of sp³-hybridized carbons (Fsp3) is 0.556. The number of terminal acetylenes is 1. The lowest BCUT2D eigenvalue weighted by molar-refractivity contribution is -0.138. The van der Waals surface area contributed by atoms with E-state index in [-0.39, 0.29) is 0 Å². The maximum atomic E-state index is 11.1. The Bertz CT molecular complexity index is 263. The van der Waals surface area contributed by atoms with Gasteiger partial charge in [-0.3, -0.25) is 4.79 Å². The summed E-state index contributed by atoms with van der Waals surface area (Å²) in [5, 5.41) is 13.3. The summed E-state index contributed by atoms with van der Waals surface area (Å²) >= 11 is 1.53. The third-order valence-electron chi connectivity index (χ3n) is 1.44. The lowest BCUT2D eigenvalue weighted by Gasteiger charge is -2.10. The van der Waals surface area contributed by atoms with E-state index in [1.165, 1.54) is 18.7 Å². The van der Waals surface area contributed by atoms with Crippen LogP contribution in [0.1, 0.15) is 6.92 Å². The van der Waals surface area contributed by atoms with E-state index < -0.39 is 18.0 Å². The number of hydrogen-bond acceptors (Lipinski definition) is 3. The van der Waals surface area contributed by atoms with Gasteiger partial charge in [0.05, 0.1) is 5.75 Å². The number of carbonyl (C=O) groups excluding carboxylic acids is 1. The fourth-order valence-electron chi connectivity index (χ4n) is 0.677. The average molecular weight is 230 g/mol. The second kappa shape index (κ2) is 8.00. The molecule has 2 amide bonds. The summed E-state index contributed by atoms with van der Waals surface area (Å²) in [4.78, 5) is 21.4. The minimum atomic E-state index is -1.06. The van der Waals surface area contributed by atoms with Crippen molar-refractivity contribution >= 4 is 23.8 Å². The highest BCUT2D eigenvalue weighted by atomic mass is 32.2. The molecule has 0 aliphatic rings. The molecule has 6 heteroatoms. The van der Waals surface area contributed by atoms with Gasteiger partial charge in [0.15, 0.2) is 0 Å². The van der Waals surface area contributed by atoms with Crippen LogP contribution in [0.4, 0.5) is 4.79 Å². The Morgan fingerprint density at radius 1 is 1.60 bits per heavy atom. The highest BCUT2D eigenvalue weighted by molar-refractivity contribution is 7.99. The van der Waals surface area contributed by atoms with Gasteiger partial charge in [-0.25, -0.2) is 4.79 Å². The summed E-state index contributed by atoms with van der Waals surface area (Å²) in [6.07, 6.45) is 5.03. The van der Waals surface area contributed by atoms with Gasteiger partial charge in [0.2, 0.25) is 0 Å². The molecule has 1 atom stereocenters. The van der Waals surface area contributed by atoms with E-state index in [4.69, 9.17) is 11.5 Å². The van der Waals surface area contributed by atoms with E-state index in [1.807, 2.05) is 0 Å². The van der Waals surface area contributed by atoms with Crippen LogP contribution in [-0.4, -0.2) is 41.2 Å². The number of nitrogens with one attached hydrogen (secondary N) is 2. The highest BCUT2D eigenvalue weighted by Gasteiger charge is 2.12. The van der Waals surface area contributed by atoms with Crippen molar-refractivity contribution in [2.45, 2.75) is 13.0 Å². The molecule has 0 saturated carbocycles. The van der Waals surface area contributed by atoms with Gasteiger partial charge in [-0.15, -0.1) is 18.2 Å². The van der Waals surface area contributed by atoms with Crippen LogP contribution in [0.5, 0.6) is 0 Å². The molecular weight excluding hydrogens is 216 g/mol. The lowest BCUT2D eigenvalue weighted by atomic mass is 10.3. The third kappa shape index (κ3) is 7.70. The molecular formula is C9H14N2O3S. The molecule has 0 aliphatic heterocycles. The van der Waals surface area contributed by atoms with Crippen molar-refractivity contribution in [1.82, 2.24) is 10.6 Å². The lowest BCUT2D eigenvalue weighted by Crippen LogP contribution is -2.44. The van der Waals surface area contributed by atoms with Gasteiger partial charge in [-0.05, 0) is 6.92 Å². The molecule has 0 aromatic rings. The summed E-state index contributed by atoms with van der Waals surface area (Å²) in [6, 6.07) is -1.37. The van der Waals surface area contributed by atoms with Gasteiger partial charge >= 0.3 is 12.0 Å². The van der Waals surface area contributed by atoms with E-state index in [2.05, 4.69) is 16.6 Å². The Hall–Kier alpha value is -1.35. The Balaban J connectivity index is 3.50. The van der Waals surface area contributed by atoms with Crippen LogP contribution >= 0.6 is 11.8 Å². The summed E-state index contributed by atoms with van der Waals surface area (Å²) in [5.74, 6) is 2.71. The molecule has 15 heavy (non-hydrogen) atoms. The molecule has 0 aromatic heterocycles. The summed E-state index contributed by atoms with van der Waals surface area (Å²) in [6.45, 7) is 1.86. The van der Waals surface area contributed by atoms with E-state index in [1.54, 1.807) is 0 Å². The number of hydrogen-bond donors (Lipinski definition) is 3. The zero-order valence-corrected chi connectivity index (χ0v) is 9.26. The molecule has 0 aliphatic carbocycles. The Labute approximate surface area is 93.0 Å². The first-order valence-electron chi connectivity index (χ1n) is 4.36. The first-order chi connectivity index (χ1) is 7.07. The van der Waals surface area contributed by atoms with E-state index in [9.17, 15) is 9.59 Å². The van der Waals surface area contributed by atoms with Gasteiger partial charge in [-0.1, -0.05) is 5.92 Å². The quantitative estimate of drug-likeness (QED) is 0.447. The van der Waals surface area contributed by atoms with E-state index in [0.29, 0.717) is 18.1 Å². The van der Waals surface area contributed by atoms with Crippen molar-refractivity contribution in [1.29, 1.82) is 0 Å². The Kier molecular flexibility index (Phi) is 7.28. The van der Waals surface area contributed by atoms with Crippen molar-refractivity contribution in [2.24, 2.45) is 0 Å². The molecule has 1 unspecified atom stereocenters. The first-order valence-corrected chi connectivity index (χ1v) is 5.51. The van der Waals surface area contributed by atoms with Crippen LogP contribution in [0, 0.1) is 12.3 Å². The van der Waals surface area contributed by atoms with Crippen LogP contribution in [0.3, 0.4) is 0 Å². The molecule has 0 fully saturated rings. The number of carboxylic acids is 1. The van der Waals surface area contributed by atoms with Crippen molar-refractivity contribution in [3.63, 3.8) is 0 Å². The normalized spacial score (nSPS) is 11.2. The molecule has 0 heterocycles. The van der Waals surface area contributed by atoms with E-state index in [0.717, 1.165) is 0 Å². The minimum absolute atomic E-state index is 0.463. The molecule has 3 N–H and O–H groups in total. The molecule has 0 bridgehead atoms. The van der Waals surface area contributed by atoms with Gasteiger partial charge in [0.1, 0.15) is 6.04 Å². The van der Waals surface area contributed by atoms with Gasteiger partial charge in [0.25, 0.3) is 0 Å². The Morgan fingerprint density at radius 2 is 2.27 bits per heavy atom. The smallest absolute Gasteiger partial charge is 0.325 e. The summed E-state index contributed by atoms with van der Waals surface area (Å²) < 4.78 is 0. The Morgan fingerprint density at radius 3 is 2.80 bits per heavy atom. The zero-order chi connectivity index (χ0) is 11.7.